The van der Waals surface area contributed by atoms with E-state index in [2.05, 4.69) is 11.9 Å². The third-order valence-electron chi connectivity index (χ3n) is 5.36. The van der Waals surface area contributed by atoms with Crippen molar-refractivity contribution in [2.75, 3.05) is 53.4 Å². The van der Waals surface area contributed by atoms with Gasteiger partial charge in [-0.3, -0.25) is 4.79 Å². The van der Waals surface area contributed by atoms with Crippen LogP contribution in [0.4, 0.5) is 0 Å². The summed E-state index contributed by atoms with van der Waals surface area (Å²) in [6, 6.07) is 4.57. The van der Waals surface area contributed by atoms with Crippen molar-refractivity contribution < 1.29 is 17.9 Å². The Morgan fingerprint density at radius 2 is 1.74 bits per heavy atom. The van der Waals surface area contributed by atoms with Crippen molar-refractivity contribution in [2.24, 2.45) is 5.92 Å². The van der Waals surface area contributed by atoms with E-state index >= 15 is 0 Å². The molecule has 1 aromatic carbocycles. The maximum Gasteiger partial charge on any atom is 0.246 e. The van der Waals surface area contributed by atoms with Gasteiger partial charge in [0.15, 0.2) is 0 Å². The molecule has 0 aromatic heterocycles. The Kier molecular flexibility index (Phi) is 6.30. The van der Waals surface area contributed by atoms with E-state index in [0.717, 1.165) is 26.2 Å². The largest absolute Gasteiger partial charge is 0.495 e. The van der Waals surface area contributed by atoms with Crippen LogP contribution in [0.3, 0.4) is 0 Å². The van der Waals surface area contributed by atoms with Crippen LogP contribution in [0.1, 0.15) is 12.8 Å². The second kappa shape index (κ2) is 8.34. The molecule has 0 N–H and O–H groups in total. The number of hydrogen-bond acceptors (Lipinski definition) is 5. The first-order chi connectivity index (χ1) is 12.8. The molecule has 0 aliphatic carbocycles. The van der Waals surface area contributed by atoms with Crippen LogP contribution < -0.4 is 4.74 Å². The molecule has 7 nitrogen and oxygen atoms in total. The first kappa shape index (κ1) is 20.4. The van der Waals surface area contributed by atoms with Crippen LogP contribution in [-0.2, 0) is 14.8 Å². The number of methoxy groups -OCH3 is 1. The zero-order chi connectivity index (χ0) is 19.6. The average Bonchev–Trinajstić information content (AvgIpc) is 2.68. The predicted molar refractivity (Wildman–Crippen MR) is 104 cm³/mol. The molecule has 150 valence electrons. The number of hydrogen-bond donors (Lipinski definition) is 0. The minimum atomic E-state index is -3.72. The van der Waals surface area contributed by atoms with Gasteiger partial charge in [-0.15, -0.1) is 0 Å². The van der Waals surface area contributed by atoms with Gasteiger partial charge in [0.05, 0.1) is 7.11 Å². The minimum absolute atomic E-state index is 0.0707. The molecule has 2 aliphatic rings. The van der Waals surface area contributed by atoms with Crippen LogP contribution in [0.2, 0.25) is 5.02 Å². The molecule has 1 amide bonds. The highest BCUT2D eigenvalue weighted by molar-refractivity contribution is 7.89. The quantitative estimate of drug-likeness (QED) is 0.745. The molecule has 1 aromatic rings. The fourth-order valence-corrected chi connectivity index (χ4v) is 5.51. The van der Waals surface area contributed by atoms with E-state index < -0.39 is 10.0 Å². The van der Waals surface area contributed by atoms with Crippen LogP contribution in [0.5, 0.6) is 5.75 Å². The molecule has 2 aliphatic heterocycles. The monoisotopic (exact) mass is 415 g/mol. The second-order valence-corrected chi connectivity index (χ2v) is 9.44. The third kappa shape index (κ3) is 4.39. The highest BCUT2D eigenvalue weighted by atomic mass is 35.5. The normalized spacial score (nSPS) is 20.6. The number of carbonyl (C=O) groups is 1. The van der Waals surface area contributed by atoms with E-state index in [4.69, 9.17) is 16.3 Å². The first-order valence-electron chi connectivity index (χ1n) is 9.14. The van der Waals surface area contributed by atoms with Crippen molar-refractivity contribution in [1.29, 1.82) is 0 Å². The Bertz CT molecular complexity index is 786. The van der Waals surface area contributed by atoms with Gasteiger partial charge in [-0.25, -0.2) is 8.42 Å². The molecule has 2 heterocycles. The molecular formula is C18H26ClN3O4S. The number of ether oxygens (including phenoxy) is 1. The number of piperazine rings is 1. The molecule has 0 spiro atoms. The van der Waals surface area contributed by atoms with Gasteiger partial charge >= 0.3 is 0 Å². The van der Waals surface area contributed by atoms with E-state index in [1.165, 1.54) is 17.5 Å². The third-order valence-corrected chi connectivity index (χ3v) is 7.52. The zero-order valence-corrected chi connectivity index (χ0v) is 17.3. The summed E-state index contributed by atoms with van der Waals surface area (Å²) in [5.74, 6) is 0.316. The Balaban J connectivity index is 1.66. The lowest BCUT2D eigenvalue weighted by Gasteiger charge is -2.37. The molecule has 0 atom stereocenters. The molecule has 2 saturated heterocycles. The molecule has 27 heavy (non-hydrogen) atoms. The molecule has 9 heteroatoms. The average molecular weight is 416 g/mol. The molecule has 0 radical (unpaired) electrons. The van der Waals surface area contributed by atoms with E-state index in [1.807, 2.05) is 4.90 Å². The Morgan fingerprint density at radius 3 is 2.33 bits per heavy atom. The molecular weight excluding hydrogens is 390 g/mol. The lowest BCUT2D eigenvalue weighted by molar-refractivity contribution is -0.138. The van der Waals surface area contributed by atoms with Gasteiger partial charge in [0, 0.05) is 50.2 Å². The summed E-state index contributed by atoms with van der Waals surface area (Å²) >= 11 is 5.99. The summed E-state index contributed by atoms with van der Waals surface area (Å²) in [6.07, 6.45) is 1.07. The Hall–Kier alpha value is -1.35. The van der Waals surface area contributed by atoms with Gasteiger partial charge < -0.3 is 14.5 Å². The number of likely N-dealkylation sites (N-methyl/N-ethyl adjacent to an activating group) is 1. The summed E-state index contributed by atoms with van der Waals surface area (Å²) in [7, 11) is -0.232. The highest BCUT2D eigenvalue weighted by Crippen LogP contribution is 2.32. The van der Waals surface area contributed by atoms with E-state index in [0.29, 0.717) is 31.0 Å². The van der Waals surface area contributed by atoms with Crippen LogP contribution in [-0.4, -0.2) is 81.9 Å². The van der Waals surface area contributed by atoms with Crippen molar-refractivity contribution in [3.63, 3.8) is 0 Å². The Labute approximate surface area is 165 Å². The second-order valence-electron chi connectivity index (χ2n) is 7.10. The van der Waals surface area contributed by atoms with Crippen molar-refractivity contribution in [1.82, 2.24) is 14.1 Å². The van der Waals surface area contributed by atoms with E-state index in [-0.39, 0.29) is 22.5 Å². The van der Waals surface area contributed by atoms with Crippen LogP contribution in [0.25, 0.3) is 0 Å². The zero-order valence-electron chi connectivity index (χ0n) is 15.7. The number of rotatable bonds is 4. The first-order valence-corrected chi connectivity index (χ1v) is 11.0. The smallest absolute Gasteiger partial charge is 0.246 e. The van der Waals surface area contributed by atoms with Crippen LogP contribution >= 0.6 is 11.6 Å². The minimum Gasteiger partial charge on any atom is -0.495 e. The molecule has 0 bridgehead atoms. The number of amides is 1. The number of carbonyl (C=O) groups excluding carboxylic acids is 1. The Morgan fingerprint density at radius 1 is 1.11 bits per heavy atom. The van der Waals surface area contributed by atoms with E-state index in [9.17, 15) is 13.2 Å². The van der Waals surface area contributed by atoms with E-state index in [1.54, 1.807) is 12.1 Å². The standard InChI is InChI=1S/C18H26ClN3O4S/c1-20-9-11-21(12-10-20)18(23)14-5-7-22(8-6-14)27(24,25)17-13-15(19)3-4-16(17)26-2/h3-4,13-14H,5-12H2,1-2H3. The molecule has 2 fully saturated rings. The van der Waals surface area contributed by atoms with Gasteiger partial charge in [0.25, 0.3) is 0 Å². The lowest BCUT2D eigenvalue weighted by Crippen LogP contribution is -2.51. The van der Waals surface area contributed by atoms with Crippen molar-refractivity contribution in [3.8, 4) is 5.75 Å². The fourth-order valence-electron chi connectivity index (χ4n) is 3.62. The fraction of sp³-hybridized carbons (Fsp3) is 0.611. The number of halogens is 1. The molecule has 0 unspecified atom stereocenters. The van der Waals surface area contributed by atoms with Crippen molar-refractivity contribution >= 4 is 27.5 Å². The summed E-state index contributed by atoms with van der Waals surface area (Å²) < 4.78 is 32.7. The van der Waals surface area contributed by atoms with Gasteiger partial charge in [-0.05, 0) is 38.1 Å². The summed E-state index contributed by atoms with van der Waals surface area (Å²) in [6.45, 7) is 3.90. The van der Waals surface area contributed by atoms with Crippen molar-refractivity contribution in [3.05, 3.63) is 23.2 Å². The van der Waals surface area contributed by atoms with Gasteiger partial charge in [0.1, 0.15) is 10.6 Å². The summed E-state index contributed by atoms with van der Waals surface area (Å²) in [5.41, 5.74) is 0. The van der Waals surface area contributed by atoms with Gasteiger partial charge in [-0.1, -0.05) is 11.6 Å². The highest BCUT2D eigenvalue weighted by Gasteiger charge is 2.35. The topological polar surface area (TPSA) is 70.2 Å². The lowest BCUT2D eigenvalue weighted by atomic mass is 9.96. The maximum absolute atomic E-state index is 13.0. The van der Waals surface area contributed by atoms with Crippen molar-refractivity contribution in [2.45, 2.75) is 17.7 Å². The van der Waals surface area contributed by atoms with Crippen LogP contribution in [0, 0.1) is 5.92 Å². The summed E-state index contributed by atoms with van der Waals surface area (Å²) in [4.78, 5) is 16.9. The number of benzene rings is 1. The number of piperidine rings is 1. The SMILES string of the molecule is COc1ccc(Cl)cc1S(=O)(=O)N1CCC(C(=O)N2CCN(C)CC2)CC1. The van der Waals surface area contributed by atoms with Gasteiger partial charge in [0.2, 0.25) is 15.9 Å². The predicted octanol–water partition coefficient (Wildman–Crippen LogP) is 1.52. The molecule has 3 rings (SSSR count). The summed E-state index contributed by atoms with van der Waals surface area (Å²) in [5, 5.41) is 0.342. The van der Waals surface area contributed by atoms with Crippen LogP contribution in [0.15, 0.2) is 23.1 Å². The maximum atomic E-state index is 13.0. The van der Waals surface area contributed by atoms with Gasteiger partial charge in [-0.2, -0.15) is 4.31 Å². The number of nitrogens with zero attached hydrogens (tertiary/aromatic N) is 3. The molecule has 0 saturated carbocycles. The number of sulfonamides is 1.